The van der Waals surface area contributed by atoms with Gasteiger partial charge in [-0.2, -0.15) is 5.26 Å². The molecule has 0 saturated carbocycles. The molecule has 0 unspecified atom stereocenters. The first-order valence-electron chi connectivity index (χ1n) is 7.31. The summed E-state index contributed by atoms with van der Waals surface area (Å²) >= 11 is 0. The number of allylic oxidation sites excluding steroid dienone is 1. The van der Waals surface area contributed by atoms with Gasteiger partial charge in [-0.1, -0.05) is 30.3 Å². The molecule has 0 spiro atoms. The van der Waals surface area contributed by atoms with Crippen molar-refractivity contribution in [3.63, 3.8) is 0 Å². The molecule has 1 aromatic heterocycles. The van der Waals surface area contributed by atoms with Crippen molar-refractivity contribution in [2.75, 3.05) is 7.11 Å². The molecule has 3 nitrogen and oxygen atoms in total. The Balaban J connectivity index is 2.00. The van der Waals surface area contributed by atoms with Crippen molar-refractivity contribution in [3.8, 4) is 17.5 Å². The standard InChI is InChI=1S/C20H16N2O/c1-23-20-11-9-18(10-12-20)22-13-5-8-19(22)14-17(15-21)16-6-3-2-4-7-16/h2-14H,1H3. The molecule has 23 heavy (non-hydrogen) atoms. The van der Waals surface area contributed by atoms with E-state index in [0.717, 1.165) is 22.7 Å². The first-order chi connectivity index (χ1) is 11.3. The molecule has 0 saturated heterocycles. The van der Waals surface area contributed by atoms with E-state index in [0.29, 0.717) is 5.57 Å². The minimum Gasteiger partial charge on any atom is -0.497 e. The maximum atomic E-state index is 9.46. The third-order valence-corrected chi connectivity index (χ3v) is 3.63. The van der Waals surface area contributed by atoms with E-state index < -0.39 is 0 Å². The Bertz CT molecular complexity index is 853. The van der Waals surface area contributed by atoms with Gasteiger partial charge in [0.25, 0.3) is 0 Å². The first-order valence-corrected chi connectivity index (χ1v) is 7.31. The molecule has 3 rings (SSSR count). The van der Waals surface area contributed by atoms with E-state index in [1.54, 1.807) is 7.11 Å². The molecule has 3 aromatic rings. The Morgan fingerprint density at radius 2 is 1.74 bits per heavy atom. The summed E-state index contributed by atoms with van der Waals surface area (Å²) < 4.78 is 7.23. The molecule has 2 aromatic carbocycles. The summed E-state index contributed by atoms with van der Waals surface area (Å²) in [5.41, 5.74) is 3.53. The molecule has 0 aliphatic heterocycles. The molecule has 0 amide bonds. The highest BCUT2D eigenvalue weighted by atomic mass is 16.5. The normalized spacial score (nSPS) is 11.0. The maximum absolute atomic E-state index is 9.46. The number of methoxy groups -OCH3 is 1. The van der Waals surface area contributed by atoms with Gasteiger partial charge in [0.2, 0.25) is 0 Å². The van der Waals surface area contributed by atoms with Gasteiger partial charge < -0.3 is 9.30 Å². The highest BCUT2D eigenvalue weighted by Gasteiger charge is 2.05. The zero-order valence-corrected chi connectivity index (χ0v) is 12.8. The minimum atomic E-state index is 0.638. The summed E-state index contributed by atoms with van der Waals surface area (Å²) in [6.07, 6.45) is 3.88. The van der Waals surface area contributed by atoms with Crippen molar-refractivity contribution in [1.82, 2.24) is 4.57 Å². The summed E-state index contributed by atoms with van der Waals surface area (Å²) in [7, 11) is 1.65. The predicted octanol–water partition coefficient (Wildman–Crippen LogP) is 4.55. The van der Waals surface area contributed by atoms with Crippen molar-refractivity contribution >= 4 is 11.6 Å². The summed E-state index contributed by atoms with van der Waals surface area (Å²) in [6, 6.07) is 23.8. The molecule has 0 atom stereocenters. The van der Waals surface area contributed by atoms with Crippen molar-refractivity contribution < 1.29 is 4.74 Å². The zero-order valence-electron chi connectivity index (χ0n) is 12.8. The van der Waals surface area contributed by atoms with Crippen molar-refractivity contribution in [1.29, 1.82) is 5.26 Å². The van der Waals surface area contributed by atoms with Crippen molar-refractivity contribution in [2.24, 2.45) is 0 Å². The van der Waals surface area contributed by atoms with Crippen LogP contribution in [0, 0.1) is 11.3 Å². The minimum absolute atomic E-state index is 0.638. The summed E-state index contributed by atoms with van der Waals surface area (Å²) in [5, 5.41) is 9.46. The number of nitriles is 1. The fourth-order valence-corrected chi connectivity index (χ4v) is 2.44. The molecule has 0 aliphatic carbocycles. The van der Waals surface area contributed by atoms with Crippen LogP contribution in [0.2, 0.25) is 0 Å². The Kier molecular flexibility index (Phi) is 4.26. The SMILES string of the molecule is COc1ccc(-n2cccc2C=C(C#N)c2ccccc2)cc1. The van der Waals surface area contributed by atoms with Crippen LogP contribution in [0.15, 0.2) is 72.9 Å². The second kappa shape index (κ2) is 6.67. The van der Waals surface area contributed by atoms with Gasteiger partial charge in [0.15, 0.2) is 0 Å². The average Bonchev–Trinajstić information content (AvgIpc) is 3.08. The zero-order chi connectivity index (χ0) is 16.1. The Morgan fingerprint density at radius 3 is 2.39 bits per heavy atom. The fourth-order valence-electron chi connectivity index (χ4n) is 2.44. The Hall–Kier alpha value is -3.25. The third kappa shape index (κ3) is 3.17. The van der Waals surface area contributed by atoms with Gasteiger partial charge in [0.1, 0.15) is 5.75 Å². The van der Waals surface area contributed by atoms with E-state index in [1.807, 2.05) is 83.6 Å². The number of benzene rings is 2. The molecular weight excluding hydrogens is 284 g/mol. The Morgan fingerprint density at radius 1 is 1.00 bits per heavy atom. The van der Waals surface area contributed by atoms with Gasteiger partial charge in [0.05, 0.1) is 18.8 Å². The predicted molar refractivity (Wildman–Crippen MR) is 92.2 cm³/mol. The van der Waals surface area contributed by atoms with E-state index in [4.69, 9.17) is 4.74 Å². The lowest BCUT2D eigenvalue weighted by Crippen LogP contribution is -1.95. The smallest absolute Gasteiger partial charge is 0.119 e. The number of hydrogen-bond acceptors (Lipinski definition) is 2. The second-order valence-corrected chi connectivity index (χ2v) is 5.04. The number of aromatic nitrogens is 1. The lowest BCUT2D eigenvalue weighted by Gasteiger charge is -2.08. The number of rotatable bonds is 4. The third-order valence-electron chi connectivity index (χ3n) is 3.63. The van der Waals surface area contributed by atoms with E-state index in [9.17, 15) is 5.26 Å². The van der Waals surface area contributed by atoms with Crippen LogP contribution in [-0.2, 0) is 0 Å². The average molecular weight is 300 g/mol. The van der Waals surface area contributed by atoms with Crippen molar-refractivity contribution in [3.05, 3.63) is 84.2 Å². The van der Waals surface area contributed by atoms with Gasteiger partial charge in [0, 0.05) is 17.6 Å². The Labute approximate surface area is 135 Å². The van der Waals surface area contributed by atoms with Crippen molar-refractivity contribution in [2.45, 2.75) is 0 Å². The van der Waals surface area contributed by atoms with E-state index in [1.165, 1.54) is 0 Å². The topological polar surface area (TPSA) is 38.0 Å². The lowest BCUT2D eigenvalue weighted by molar-refractivity contribution is 0.414. The van der Waals surface area contributed by atoms with Gasteiger partial charge in [-0.15, -0.1) is 0 Å². The highest BCUT2D eigenvalue weighted by Crippen LogP contribution is 2.21. The van der Waals surface area contributed by atoms with Gasteiger partial charge >= 0.3 is 0 Å². The molecule has 0 aliphatic rings. The largest absolute Gasteiger partial charge is 0.497 e. The van der Waals surface area contributed by atoms with Crippen LogP contribution in [0.5, 0.6) is 5.75 Å². The number of hydrogen-bond donors (Lipinski definition) is 0. The van der Waals surface area contributed by atoms with Gasteiger partial charge in [-0.3, -0.25) is 0 Å². The number of ether oxygens (including phenoxy) is 1. The molecule has 0 radical (unpaired) electrons. The molecular formula is C20H16N2O. The van der Waals surface area contributed by atoms with Crippen LogP contribution in [-0.4, -0.2) is 11.7 Å². The van der Waals surface area contributed by atoms with Crippen LogP contribution in [0.3, 0.4) is 0 Å². The van der Waals surface area contributed by atoms with E-state index in [-0.39, 0.29) is 0 Å². The molecule has 0 N–H and O–H groups in total. The summed E-state index contributed by atoms with van der Waals surface area (Å²) in [5.74, 6) is 0.819. The molecule has 0 fully saturated rings. The number of nitrogens with zero attached hydrogens (tertiary/aromatic N) is 2. The molecule has 3 heteroatoms. The lowest BCUT2D eigenvalue weighted by atomic mass is 10.1. The highest BCUT2D eigenvalue weighted by molar-refractivity contribution is 5.89. The molecule has 1 heterocycles. The van der Waals surface area contributed by atoms with Crippen LogP contribution < -0.4 is 4.74 Å². The summed E-state index contributed by atoms with van der Waals surface area (Å²) in [4.78, 5) is 0. The van der Waals surface area contributed by atoms with Gasteiger partial charge in [-0.25, -0.2) is 0 Å². The van der Waals surface area contributed by atoms with Crippen LogP contribution in [0.4, 0.5) is 0 Å². The van der Waals surface area contributed by atoms with Gasteiger partial charge in [-0.05, 0) is 48.0 Å². The van der Waals surface area contributed by atoms with E-state index >= 15 is 0 Å². The fraction of sp³-hybridized carbons (Fsp3) is 0.0500. The summed E-state index contributed by atoms with van der Waals surface area (Å²) in [6.45, 7) is 0. The van der Waals surface area contributed by atoms with Crippen LogP contribution >= 0.6 is 0 Å². The van der Waals surface area contributed by atoms with Crippen LogP contribution in [0.1, 0.15) is 11.3 Å². The quantitative estimate of drug-likeness (QED) is 0.663. The second-order valence-electron chi connectivity index (χ2n) is 5.04. The first kappa shape index (κ1) is 14.7. The molecule has 0 bridgehead atoms. The molecule has 112 valence electrons. The monoisotopic (exact) mass is 300 g/mol. The maximum Gasteiger partial charge on any atom is 0.119 e. The van der Waals surface area contributed by atoms with E-state index in [2.05, 4.69) is 6.07 Å². The van der Waals surface area contributed by atoms with Crippen LogP contribution in [0.25, 0.3) is 17.3 Å².